The Hall–Kier alpha value is -3.24. The van der Waals surface area contributed by atoms with Gasteiger partial charge in [0.15, 0.2) is 0 Å². The molecule has 3 aliphatic carbocycles. The maximum atomic E-state index is 9.59. The molecular formula is C35H45N3O. The van der Waals surface area contributed by atoms with Gasteiger partial charge in [-0.2, -0.15) is 0 Å². The standard InChI is InChI=1S/C35H45N3O/c1-8-25-13-26-14-27-15-32-33(38(6)7)16-28(19-37-18-24-9-11-29(39)12-10-24)20(2)35(32)22(4)34(27)21(3)30(26)17-31(25)23(5)36/h9-12,16,26-27,30,37,39H,4-5,8,13-15,17-19,36H2,1-3,6-7H3. The fourth-order valence-electron chi connectivity index (χ4n) is 7.67. The van der Waals surface area contributed by atoms with E-state index in [1.54, 1.807) is 12.1 Å². The number of nitrogens with zero attached hydrogens (tertiary/aromatic N) is 1. The van der Waals surface area contributed by atoms with Gasteiger partial charge in [0.2, 0.25) is 0 Å². The van der Waals surface area contributed by atoms with Crippen LogP contribution >= 0.6 is 0 Å². The molecule has 206 valence electrons. The highest BCUT2D eigenvalue weighted by Crippen LogP contribution is 2.55. The summed E-state index contributed by atoms with van der Waals surface area (Å²) >= 11 is 0. The molecule has 0 heterocycles. The number of allylic oxidation sites excluding steroid dienone is 5. The van der Waals surface area contributed by atoms with Gasteiger partial charge in [0.1, 0.15) is 5.75 Å². The van der Waals surface area contributed by atoms with Crippen molar-refractivity contribution in [2.75, 3.05) is 19.0 Å². The minimum atomic E-state index is 0.301. The van der Waals surface area contributed by atoms with Crippen LogP contribution in [-0.2, 0) is 19.5 Å². The van der Waals surface area contributed by atoms with Crippen molar-refractivity contribution in [1.82, 2.24) is 5.32 Å². The third-order valence-electron chi connectivity index (χ3n) is 9.64. The second-order valence-corrected chi connectivity index (χ2v) is 12.1. The van der Waals surface area contributed by atoms with E-state index in [2.05, 4.69) is 57.7 Å². The number of fused-ring (bicyclic) bond motifs is 3. The monoisotopic (exact) mass is 523 g/mol. The summed E-state index contributed by atoms with van der Waals surface area (Å²) in [7, 11) is 4.32. The van der Waals surface area contributed by atoms with Crippen LogP contribution in [0.2, 0.25) is 0 Å². The molecule has 4 nitrogen and oxygen atoms in total. The molecule has 0 saturated heterocycles. The molecule has 2 aromatic rings. The lowest BCUT2D eigenvalue weighted by molar-refractivity contribution is 0.264. The Bertz CT molecular complexity index is 1380. The maximum Gasteiger partial charge on any atom is 0.115 e. The highest BCUT2D eigenvalue weighted by atomic mass is 16.3. The molecular weight excluding hydrogens is 478 g/mol. The zero-order valence-corrected chi connectivity index (χ0v) is 24.5. The minimum Gasteiger partial charge on any atom is -0.508 e. The molecule has 5 rings (SSSR count). The molecule has 39 heavy (non-hydrogen) atoms. The number of phenols is 1. The first-order valence-corrected chi connectivity index (χ1v) is 14.5. The summed E-state index contributed by atoms with van der Waals surface area (Å²) in [4.78, 5) is 2.28. The zero-order chi connectivity index (χ0) is 28.0. The highest BCUT2D eigenvalue weighted by molar-refractivity contribution is 5.88. The lowest BCUT2D eigenvalue weighted by atomic mass is 9.59. The van der Waals surface area contributed by atoms with Crippen LogP contribution in [0.15, 0.2) is 71.5 Å². The van der Waals surface area contributed by atoms with Crippen LogP contribution in [0.5, 0.6) is 5.75 Å². The van der Waals surface area contributed by atoms with Crippen molar-refractivity contribution in [1.29, 1.82) is 0 Å². The van der Waals surface area contributed by atoms with Crippen LogP contribution in [0.1, 0.15) is 67.3 Å². The van der Waals surface area contributed by atoms with Crippen molar-refractivity contribution in [3.05, 3.63) is 99.3 Å². The van der Waals surface area contributed by atoms with Gasteiger partial charge < -0.3 is 21.1 Å². The molecule has 0 spiro atoms. The average Bonchev–Trinajstić information content (AvgIpc) is 2.89. The van der Waals surface area contributed by atoms with Gasteiger partial charge in [-0.3, -0.25) is 0 Å². The largest absolute Gasteiger partial charge is 0.508 e. The SMILES string of the molecule is C=C(N)C1=C(CC)CC2CC3Cc4c(N(C)C)cc(CNCc5ccc(O)cc5)c(C)c4C(=C)C3=C(C)C2C1. The van der Waals surface area contributed by atoms with E-state index < -0.39 is 0 Å². The molecule has 2 aromatic carbocycles. The van der Waals surface area contributed by atoms with E-state index in [-0.39, 0.29) is 0 Å². The van der Waals surface area contributed by atoms with E-state index in [0.717, 1.165) is 50.0 Å². The summed E-state index contributed by atoms with van der Waals surface area (Å²) in [5, 5.41) is 13.2. The maximum absolute atomic E-state index is 9.59. The predicted octanol–water partition coefficient (Wildman–Crippen LogP) is 7.17. The van der Waals surface area contributed by atoms with Gasteiger partial charge in [0.05, 0.1) is 0 Å². The summed E-state index contributed by atoms with van der Waals surface area (Å²) in [6, 6.07) is 9.81. The number of anilines is 1. The molecule has 0 fully saturated rings. The van der Waals surface area contributed by atoms with Gasteiger partial charge in [0, 0.05) is 38.6 Å². The lowest BCUT2D eigenvalue weighted by Crippen LogP contribution is -2.35. The molecule has 0 aromatic heterocycles. The summed E-state index contributed by atoms with van der Waals surface area (Å²) in [5.41, 5.74) is 22.1. The van der Waals surface area contributed by atoms with E-state index in [4.69, 9.17) is 12.3 Å². The van der Waals surface area contributed by atoms with E-state index in [9.17, 15) is 5.11 Å². The number of phenolic OH excluding ortho intramolecular Hbond substituents is 1. The Balaban J connectivity index is 1.49. The second kappa shape index (κ2) is 10.7. The minimum absolute atomic E-state index is 0.301. The number of nitrogens with two attached hydrogens (primary N) is 1. The van der Waals surface area contributed by atoms with Crippen LogP contribution in [0, 0.1) is 24.7 Å². The van der Waals surface area contributed by atoms with Gasteiger partial charge in [0.25, 0.3) is 0 Å². The van der Waals surface area contributed by atoms with Crippen molar-refractivity contribution in [2.24, 2.45) is 23.5 Å². The topological polar surface area (TPSA) is 61.5 Å². The molecule has 0 aliphatic heterocycles. The molecule has 0 saturated carbocycles. The number of benzene rings is 2. The fraction of sp³-hybridized carbons (Fsp3) is 0.429. The summed E-state index contributed by atoms with van der Waals surface area (Å²) < 4.78 is 0. The number of hydrogen-bond acceptors (Lipinski definition) is 4. The van der Waals surface area contributed by atoms with Crippen LogP contribution in [0.3, 0.4) is 0 Å². The average molecular weight is 524 g/mol. The number of nitrogens with one attached hydrogen (secondary N) is 1. The normalized spacial score (nSPS) is 22.4. The number of rotatable bonds is 7. The first-order valence-electron chi connectivity index (χ1n) is 14.5. The number of aromatic hydroxyl groups is 1. The van der Waals surface area contributed by atoms with E-state index >= 15 is 0 Å². The Morgan fingerprint density at radius 2 is 1.82 bits per heavy atom. The zero-order valence-electron chi connectivity index (χ0n) is 24.5. The second-order valence-electron chi connectivity index (χ2n) is 12.1. The molecule has 0 bridgehead atoms. The Labute approximate surface area is 235 Å². The van der Waals surface area contributed by atoms with Gasteiger partial charge >= 0.3 is 0 Å². The van der Waals surface area contributed by atoms with Crippen molar-refractivity contribution in [3.8, 4) is 5.75 Å². The van der Waals surface area contributed by atoms with Gasteiger partial charge in [-0.15, -0.1) is 0 Å². The van der Waals surface area contributed by atoms with Crippen LogP contribution in [-0.4, -0.2) is 19.2 Å². The van der Waals surface area contributed by atoms with Gasteiger partial charge in [-0.1, -0.05) is 43.4 Å². The van der Waals surface area contributed by atoms with Crippen molar-refractivity contribution < 1.29 is 5.11 Å². The van der Waals surface area contributed by atoms with Crippen LogP contribution < -0.4 is 16.0 Å². The lowest BCUT2D eigenvalue weighted by Gasteiger charge is -2.46. The van der Waals surface area contributed by atoms with Gasteiger partial charge in [-0.25, -0.2) is 0 Å². The van der Waals surface area contributed by atoms with Crippen LogP contribution in [0.4, 0.5) is 5.69 Å². The molecule has 4 N–H and O–H groups in total. The Morgan fingerprint density at radius 3 is 2.46 bits per heavy atom. The Morgan fingerprint density at radius 1 is 1.10 bits per heavy atom. The van der Waals surface area contributed by atoms with E-state index in [1.165, 1.54) is 62.2 Å². The third-order valence-corrected chi connectivity index (χ3v) is 9.64. The highest BCUT2D eigenvalue weighted by Gasteiger charge is 2.42. The first-order chi connectivity index (χ1) is 18.6. The molecule has 3 aliphatic rings. The molecule has 3 atom stereocenters. The quantitative estimate of drug-likeness (QED) is 0.360. The van der Waals surface area contributed by atoms with Gasteiger partial charge in [-0.05, 0) is 126 Å². The molecule has 0 amide bonds. The predicted molar refractivity (Wildman–Crippen MR) is 165 cm³/mol. The summed E-state index contributed by atoms with van der Waals surface area (Å²) in [6.45, 7) is 17.3. The van der Waals surface area contributed by atoms with Crippen molar-refractivity contribution >= 4 is 11.3 Å². The van der Waals surface area contributed by atoms with E-state index in [0.29, 0.717) is 23.5 Å². The third kappa shape index (κ3) is 4.96. The summed E-state index contributed by atoms with van der Waals surface area (Å²) in [6.07, 6.45) is 5.55. The van der Waals surface area contributed by atoms with Crippen LogP contribution in [0.25, 0.3) is 5.57 Å². The summed E-state index contributed by atoms with van der Waals surface area (Å²) in [5.74, 6) is 2.04. The molecule has 4 heteroatoms. The molecule has 0 radical (unpaired) electrons. The smallest absolute Gasteiger partial charge is 0.115 e. The Kier molecular flexibility index (Phi) is 7.52. The number of hydrogen-bond donors (Lipinski definition) is 3. The van der Waals surface area contributed by atoms with E-state index in [1.807, 2.05) is 12.1 Å². The fourth-order valence-corrected chi connectivity index (χ4v) is 7.67. The van der Waals surface area contributed by atoms with Crippen molar-refractivity contribution in [2.45, 2.75) is 66.0 Å². The first kappa shape index (κ1) is 27.3. The molecule has 3 unspecified atom stereocenters. The van der Waals surface area contributed by atoms with Crippen molar-refractivity contribution in [3.63, 3.8) is 0 Å².